The number of hydrogen-bond acceptors (Lipinski definition) is 2. The van der Waals surface area contributed by atoms with Crippen molar-refractivity contribution in [2.24, 2.45) is 0 Å². The minimum atomic E-state index is -0.735. The average molecular weight is 166 g/mol. The summed E-state index contributed by atoms with van der Waals surface area (Å²) in [5.74, 6) is 0. The average Bonchev–Trinajstić information content (AvgIpc) is 2.16. The largest absolute Gasteiger partial charge is 0.393 e. The van der Waals surface area contributed by atoms with Crippen LogP contribution in [0.4, 0.5) is 0 Å². The Morgan fingerprint density at radius 1 is 1.33 bits per heavy atom. The number of hydrogen-bond donors (Lipinski definition) is 2. The molecule has 2 nitrogen and oxygen atoms in total. The molecule has 0 radical (unpaired) electrons. The normalized spacial score (nSPS) is 12.9. The highest BCUT2D eigenvalue weighted by molar-refractivity contribution is 5.28. The standard InChI is InChI=1S/C10H14O2/c1-2-8-5-3-4-6-9(8)10(12)7-11/h3-6,10-12H,2,7H2,1H3. The van der Waals surface area contributed by atoms with Crippen LogP contribution in [0.5, 0.6) is 0 Å². The number of rotatable bonds is 3. The van der Waals surface area contributed by atoms with E-state index < -0.39 is 6.10 Å². The number of aliphatic hydroxyl groups excluding tert-OH is 2. The lowest BCUT2D eigenvalue weighted by Crippen LogP contribution is -2.05. The van der Waals surface area contributed by atoms with Gasteiger partial charge in [0.05, 0.1) is 6.61 Å². The molecule has 0 heterocycles. The molecule has 0 saturated carbocycles. The van der Waals surface area contributed by atoms with Gasteiger partial charge in [-0.2, -0.15) is 0 Å². The summed E-state index contributed by atoms with van der Waals surface area (Å²) < 4.78 is 0. The SMILES string of the molecule is CCc1ccccc1C(O)CO. The minimum Gasteiger partial charge on any atom is -0.393 e. The lowest BCUT2D eigenvalue weighted by Gasteiger charge is -2.11. The summed E-state index contributed by atoms with van der Waals surface area (Å²) >= 11 is 0. The monoisotopic (exact) mass is 166 g/mol. The zero-order valence-electron chi connectivity index (χ0n) is 7.20. The molecule has 0 aromatic heterocycles. The zero-order valence-corrected chi connectivity index (χ0v) is 7.20. The first-order valence-corrected chi connectivity index (χ1v) is 4.16. The fourth-order valence-electron chi connectivity index (χ4n) is 1.28. The van der Waals surface area contributed by atoms with E-state index in [0.29, 0.717) is 0 Å². The molecule has 1 atom stereocenters. The summed E-state index contributed by atoms with van der Waals surface area (Å²) in [5.41, 5.74) is 1.93. The first-order valence-electron chi connectivity index (χ1n) is 4.16. The van der Waals surface area contributed by atoms with E-state index in [0.717, 1.165) is 17.5 Å². The highest BCUT2D eigenvalue weighted by Gasteiger charge is 2.08. The summed E-state index contributed by atoms with van der Waals surface area (Å²) in [7, 11) is 0. The van der Waals surface area contributed by atoms with Gasteiger partial charge in [0.15, 0.2) is 0 Å². The Kier molecular flexibility index (Phi) is 3.26. The molecule has 1 aromatic carbocycles. The zero-order chi connectivity index (χ0) is 8.97. The molecule has 1 rings (SSSR count). The second kappa shape index (κ2) is 4.24. The number of benzene rings is 1. The van der Waals surface area contributed by atoms with Crippen LogP contribution in [0.15, 0.2) is 24.3 Å². The van der Waals surface area contributed by atoms with Crippen LogP contribution < -0.4 is 0 Å². The summed E-state index contributed by atoms with van der Waals surface area (Å²) in [4.78, 5) is 0. The van der Waals surface area contributed by atoms with E-state index >= 15 is 0 Å². The Hall–Kier alpha value is -0.860. The fourth-order valence-corrected chi connectivity index (χ4v) is 1.28. The van der Waals surface area contributed by atoms with Gasteiger partial charge in [-0.05, 0) is 17.5 Å². The van der Waals surface area contributed by atoms with Crippen molar-refractivity contribution < 1.29 is 10.2 Å². The van der Waals surface area contributed by atoms with Gasteiger partial charge in [-0.3, -0.25) is 0 Å². The van der Waals surface area contributed by atoms with E-state index in [2.05, 4.69) is 0 Å². The third kappa shape index (κ3) is 1.84. The molecule has 0 spiro atoms. The van der Waals surface area contributed by atoms with E-state index in [9.17, 15) is 5.11 Å². The van der Waals surface area contributed by atoms with Gasteiger partial charge in [0.2, 0.25) is 0 Å². The Morgan fingerprint density at radius 2 is 2.00 bits per heavy atom. The lowest BCUT2D eigenvalue weighted by atomic mass is 10.0. The molecule has 0 aliphatic carbocycles. The fraction of sp³-hybridized carbons (Fsp3) is 0.400. The molecule has 0 saturated heterocycles. The number of aryl methyl sites for hydroxylation is 1. The minimum absolute atomic E-state index is 0.211. The molecule has 1 aromatic rings. The molecule has 2 N–H and O–H groups in total. The van der Waals surface area contributed by atoms with E-state index in [-0.39, 0.29) is 6.61 Å². The van der Waals surface area contributed by atoms with Crippen LogP contribution in [0.3, 0.4) is 0 Å². The predicted molar refractivity (Wildman–Crippen MR) is 47.9 cm³/mol. The second-order valence-corrected chi connectivity index (χ2v) is 2.75. The Morgan fingerprint density at radius 3 is 2.58 bits per heavy atom. The molecule has 0 fully saturated rings. The van der Waals surface area contributed by atoms with Crippen molar-refractivity contribution in [3.05, 3.63) is 35.4 Å². The topological polar surface area (TPSA) is 40.5 Å². The highest BCUT2D eigenvalue weighted by Crippen LogP contribution is 2.17. The lowest BCUT2D eigenvalue weighted by molar-refractivity contribution is 0.0949. The van der Waals surface area contributed by atoms with Gasteiger partial charge in [-0.1, -0.05) is 31.2 Å². The van der Waals surface area contributed by atoms with Crippen molar-refractivity contribution >= 4 is 0 Å². The molecule has 66 valence electrons. The molecular formula is C10H14O2. The third-order valence-corrected chi connectivity index (χ3v) is 1.97. The Balaban J connectivity index is 2.96. The van der Waals surface area contributed by atoms with Crippen molar-refractivity contribution in [1.82, 2.24) is 0 Å². The molecule has 0 aliphatic heterocycles. The van der Waals surface area contributed by atoms with E-state index in [1.807, 2.05) is 31.2 Å². The Bertz CT molecular complexity index is 245. The van der Waals surface area contributed by atoms with Gasteiger partial charge in [-0.25, -0.2) is 0 Å². The van der Waals surface area contributed by atoms with Crippen LogP contribution in [0, 0.1) is 0 Å². The third-order valence-electron chi connectivity index (χ3n) is 1.97. The molecule has 0 aliphatic rings. The van der Waals surface area contributed by atoms with E-state index in [4.69, 9.17) is 5.11 Å². The first-order chi connectivity index (χ1) is 5.79. The van der Waals surface area contributed by atoms with Gasteiger partial charge in [-0.15, -0.1) is 0 Å². The van der Waals surface area contributed by atoms with E-state index in [1.54, 1.807) is 0 Å². The van der Waals surface area contributed by atoms with Gasteiger partial charge in [0, 0.05) is 0 Å². The molecule has 1 unspecified atom stereocenters. The quantitative estimate of drug-likeness (QED) is 0.710. The molecule has 0 bridgehead atoms. The highest BCUT2D eigenvalue weighted by atomic mass is 16.3. The summed E-state index contributed by atoms with van der Waals surface area (Å²) in [6.07, 6.45) is 0.147. The predicted octanol–water partition coefficient (Wildman–Crippen LogP) is 1.27. The summed E-state index contributed by atoms with van der Waals surface area (Å²) in [6.45, 7) is 1.82. The van der Waals surface area contributed by atoms with Crippen LogP contribution in [-0.4, -0.2) is 16.8 Å². The smallest absolute Gasteiger partial charge is 0.102 e. The van der Waals surface area contributed by atoms with E-state index in [1.165, 1.54) is 0 Å². The second-order valence-electron chi connectivity index (χ2n) is 2.75. The van der Waals surface area contributed by atoms with Crippen molar-refractivity contribution in [2.75, 3.05) is 6.61 Å². The van der Waals surface area contributed by atoms with Gasteiger partial charge in [0.1, 0.15) is 6.10 Å². The van der Waals surface area contributed by atoms with Crippen LogP contribution in [0.25, 0.3) is 0 Å². The Labute approximate surface area is 72.5 Å². The van der Waals surface area contributed by atoms with Crippen LogP contribution in [0.2, 0.25) is 0 Å². The molecular weight excluding hydrogens is 152 g/mol. The van der Waals surface area contributed by atoms with Crippen molar-refractivity contribution in [2.45, 2.75) is 19.4 Å². The number of aliphatic hydroxyl groups is 2. The molecule has 2 heteroatoms. The maximum Gasteiger partial charge on any atom is 0.102 e. The van der Waals surface area contributed by atoms with Gasteiger partial charge < -0.3 is 10.2 Å². The van der Waals surface area contributed by atoms with Crippen molar-refractivity contribution in [3.8, 4) is 0 Å². The first kappa shape index (κ1) is 9.23. The molecule has 12 heavy (non-hydrogen) atoms. The van der Waals surface area contributed by atoms with Gasteiger partial charge in [0.25, 0.3) is 0 Å². The maximum atomic E-state index is 9.39. The van der Waals surface area contributed by atoms with Crippen LogP contribution >= 0.6 is 0 Å². The van der Waals surface area contributed by atoms with Crippen LogP contribution in [0.1, 0.15) is 24.2 Å². The van der Waals surface area contributed by atoms with Crippen molar-refractivity contribution in [1.29, 1.82) is 0 Å². The summed E-state index contributed by atoms with van der Waals surface area (Å²) in [5, 5.41) is 18.1. The van der Waals surface area contributed by atoms with Crippen LogP contribution in [-0.2, 0) is 6.42 Å². The summed E-state index contributed by atoms with van der Waals surface area (Å²) in [6, 6.07) is 7.62. The van der Waals surface area contributed by atoms with Crippen molar-refractivity contribution in [3.63, 3.8) is 0 Å². The maximum absolute atomic E-state index is 9.39. The molecule has 0 amide bonds. The van der Waals surface area contributed by atoms with Gasteiger partial charge >= 0.3 is 0 Å².